The number of nitrogens with zero attached hydrogens (tertiary/aromatic N) is 1. The summed E-state index contributed by atoms with van der Waals surface area (Å²) in [7, 11) is 0. The number of ether oxygens (including phenoxy) is 2. The predicted octanol–water partition coefficient (Wildman–Crippen LogP) is 2.16. The van der Waals surface area contributed by atoms with Crippen LogP contribution in [0.5, 0.6) is 0 Å². The smallest absolute Gasteiger partial charge is 0.410 e. The van der Waals surface area contributed by atoms with E-state index < -0.39 is 11.6 Å². The van der Waals surface area contributed by atoms with Gasteiger partial charge < -0.3 is 14.4 Å². The number of rotatable bonds is 4. The molecule has 0 aromatic rings. The van der Waals surface area contributed by atoms with Crippen molar-refractivity contribution in [2.24, 2.45) is 5.92 Å². The van der Waals surface area contributed by atoms with Gasteiger partial charge in [0.1, 0.15) is 17.8 Å². The average Bonchev–Trinajstić information content (AvgIpc) is 2.34. The summed E-state index contributed by atoms with van der Waals surface area (Å²) in [5.41, 5.74) is -0.490. The number of esters is 1. The van der Waals surface area contributed by atoms with Crippen molar-refractivity contribution < 1.29 is 23.9 Å². The first-order valence-corrected chi connectivity index (χ1v) is 7.30. The zero-order valence-corrected chi connectivity index (χ0v) is 13.3. The van der Waals surface area contributed by atoms with Crippen molar-refractivity contribution in [3.63, 3.8) is 0 Å². The maximum Gasteiger partial charge on any atom is 0.410 e. The Kier molecular flexibility index (Phi) is 6.18. The van der Waals surface area contributed by atoms with Crippen LogP contribution in [0.3, 0.4) is 0 Å². The molecule has 0 spiro atoms. The van der Waals surface area contributed by atoms with Crippen molar-refractivity contribution in [2.75, 3.05) is 19.7 Å². The van der Waals surface area contributed by atoms with E-state index in [1.165, 1.54) is 6.92 Å². The monoisotopic (exact) mass is 299 g/mol. The molecule has 0 aromatic heterocycles. The van der Waals surface area contributed by atoms with Crippen LogP contribution in [0, 0.1) is 5.92 Å². The molecule has 21 heavy (non-hydrogen) atoms. The minimum Gasteiger partial charge on any atom is -0.465 e. The van der Waals surface area contributed by atoms with Crippen molar-refractivity contribution in [1.82, 2.24) is 4.90 Å². The fraction of sp³-hybridized carbons (Fsp3) is 0.800. The third-order valence-electron chi connectivity index (χ3n) is 3.14. The van der Waals surface area contributed by atoms with E-state index in [-0.39, 0.29) is 24.2 Å². The number of hydrogen-bond acceptors (Lipinski definition) is 5. The van der Waals surface area contributed by atoms with Crippen molar-refractivity contribution in [2.45, 2.75) is 52.6 Å². The zero-order valence-electron chi connectivity index (χ0n) is 13.3. The normalized spacial score (nSPS) is 16.5. The highest BCUT2D eigenvalue weighted by molar-refractivity contribution is 5.94. The molecule has 6 nitrogen and oxygen atoms in total. The third kappa shape index (κ3) is 7.11. The third-order valence-corrected chi connectivity index (χ3v) is 3.14. The Balaban J connectivity index is 2.27. The van der Waals surface area contributed by atoms with E-state index in [1.54, 1.807) is 4.90 Å². The summed E-state index contributed by atoms with van der Waals surface area (Å²) in [4.78, 5) is 35.6. The highest BCUT2D eigenvalue weighted by Gasteiger charge is 2.27. The summed E-state index contributed by atoms with van der Waals surface area (Å²) in [6, 6.07) is 0. The lowest BCUT2D eigenvalue weighted by atomic mass is 9.98. The molecule has 1 heterocycles. The van der Waals surface area contributed by atoms with Gasteiger partial charge >= 0.3 is 12.1 Å². The van der Waals surface area contributed by atoms with Gasteiger partial charge in [-0.1, -0.05) is 0 Å². The number of carbonyl (C=O) groups is 3. The molecule has 0 aromatic carbocycles. The molecule has 0 unspecified atom stereocenters. The Labute approximate surface area is 125 Å². The molecule has 0 bridgehead atoms. The molecule has 120 valence electrons. The van der Waals surface area contributed by atoms with E-state index in [0.717, 1.165) is 12.8 Å². The summed E-state index contributed by atoms with van der Waals surface area (Å²) in [6.07, 6.45) is 1.07. The Bertz CT molecular complexity index is 391. The molecular formula is C15H25NO5. The standard InChI is InChI=1S/C15H25NO5/c1-11(17)9-13(18)20-10-12-5-7-16(8-6-12)14(19)21-15(2,3)4/h12H,5-10H2,1-4H3. The molecular weight excluding hydrogens is 274 g/mol. The van der Waals surface area contributed by atoms with Crippen molar-refractivity contribution >= 4 is 17.8 Å². The van der Waals surface area contributed by atoms with Gasteiger partial charge in [0.05, 0.1) is 6.61 Å². The Hall–Kier alpha value is -1.59. The Morgan fingerprint density at radius 2 is 1.71 bits per heavy atom. The van der Waals surface area contributed by atoms with Crippen LogP contribution in [0.25, 0.3) is 0 Å². The minimum atomic E-state index is -0.490. The first-order valence-electron chi connectivity index (χ1n) is 7.30. The van der Waals surface area contributed by atoms with Gasteiger partial charge in [-0.15, -0.1) is 0 Å². The molecule has 6 heteroatoms. The molecule has 1 saturated heterocycles. The summed E-state index contributed by atoms with van der Waals surface area (Å²) < 4.78 is 10.4. The number of amides is 1. The molecule has 1 aliphatic heterocycles. The van der Waals surface area contributed by atoms with Gasteiger partial charge in [0.25, 0.3) is 0 Å². The number of Topliss-reactive ketones (excluding diaryl/α,β-unsaturated/α-hetero) is 1. The Morgan fingerprint density at radius 1 is 1.14 bits per heavy atom. The fourth-order valence-electron chi connectivity index (χ4n) is 2.07. The Morgan fingerprint density at radius 3 is 2.19 bits per heavy atom. The quantitative estimate of drug-likeness (QED) is 0.587. The molecule has 1 rings (SSSR count). The molecule has 0 N–H and O–H groups in total. The first kappa shape index (κ1) is 17.5. The van der Waals surface area contributed by atoms with E-state index in [9.17, 15) is 14.4 Å². The van der Waals surface area contributed by atoms with Crippen LogP contribution in [-0.2, 0) is 19.1 Å². The van der Waals surface area contributed by atoms with Gasteiger partial charge in [0.15, 0.2) is 0 Å². The highest BCUT2D eigenvalue weighted by Crippen LogP contribution is 2.20. The van der Waals surface area contributed by atoms with Crippen LogP contribution in [0.15, 0.2) is 0 Å². The van der Waals surface area contributed by atoms with E-state index >= 15 is 0 Å². The lowest BCUT2D eigenvalue weighted by Crippen LogP contribution is -2.42. The van der Waals surface area contributed by atoms with Crippen molar-refractivity contribution in [3.8, 4) is 0 Å². The van der Waals surface area contributed by atoms with Gasteiger partial charge in [-0.05, 0) is 46.5 Å². The fourth-order valence-corrected chi connectivity index (χ4v) is 2.07. The van der Waals surface area contributed by atoms with Gasteiger partial charge in [-0.2, -0.15) is 0 Å². The molecule has 0 aliphatic carbocycles. The number of ketones is 1. The van der Waals surface area contributed by atoms with E-state index in [0.29, 0.717) is 19.7 Å². The van der Waals surface area contributed by atoms with Crippen LogP contribution in [0.1, 0.15) is 47.0 Å². The van der Waals surface area contributed by atoms with E-state index in [2.05, 4.69) is 0 Å². The number of piperidine rings is 1. The second kappa shape index (κ2) is 7.43. The maximum atomic E-state index is 11.9. The van der Waals surface area contributed by atoms with Gasteiger partial charge in [-0.25, -0.2) is 4.79 Å². The molecule has 1 aliphatic rings. The average molecular weight is 299 g/mol. The second-order valence-corrected chi connectivity index (χ2v) is 6.47. The summed E-state index contributed by atoms with van der Waals surface area (Å²) in [5, 5.41) is 0. The maximum absolute atomic E-state index is 11.9. The van der Waals surface area contributed by atoms with Crippen LogP contribution in [-0.4, -0.2) is 48.0 Å². The van der Waals surface area contributed by atoms with Gasteiger partial charge in [0.2, 0.25) is 0 Å². The molecule has 1 amide bonds. The lowest BCUT2D eigenvalue weighted by molar-refractivity contribution is -0.147. The lowest BCUT2D eigenvalue weighted by Gasteiger charge is -2.33. The van der Waals surface area contributed by atoms with Crippen molar-refractivity contribution in [1.29, 1.82) is 0 Å². The highest BCUT2D eigenvalue weighted by atomic mass is 16.6. The predicted molar refractivity (Wildman–Crippen MR) is 76.8 cm³/mol. The molecule has 0 saturated carbocycles. The van der Waals surface area contributed by atoms with E-state index in [1.807, 2.05) is 20.8 Å². The SMILES string of the molecule is CC(=O)CC(=O)OCC1CCN(C(=O)OC(C)(C)C)CC1. The molecule has 0 radical (unpaired) electrons. The first-order chi connectivity index (χ1) is 9.67. The summed E-state index contributed by atoms with van der Waals surface area (Å²) >= 11 is 0. The number of likely N-dealkylation sites (tertiary alicyclic amines) is 1. The number of hydrogen-bond donors (Lipinski definition) is 0. The van der Waals surface area contributed by atoms with Gasteiger partial charge in [0, 0.05) is 13.1 Å². The summed E-state index contributed by atoms with van der Waals surface area (Å²) in [5.74, 6) is -0.434. The van der Waals surface area contributed by atoms with Crippen LogP contribution >= 0.6 is 0 Å². The minimum absolute atomic E-state index is 0.170. The topological polar surface area (TPSA) is 72.9 Å². The van der Waals surface area contributed by atoms with Crippen LogP contribution in [0.2, 0.25) is 0 Å². The molecule has 1 fully saturated rings. The van der Waals surface area contributed by atoms with Gasteiger partial charge in [-0.3, -0.25) is 9.59 Å². The zero-order chi connectivity index (χ0) is 16.0. The van der Waals surface area contributed by atoms with E-state index in [4.69, 9.17) is 9.47 Å². The largest absolute Gasteiger partial charge is 0.465 e. The second-order valence-electron chi connectivity index (χ2n) is 6.47. The molecule has 0 atom stereocenters. The number of carbonyl (C=O) groups excluding carboxylic acids is 3. The van der Waals surface area contributed by atoms with Crippen LogP contribution in [0.4, 0.5) is 4.79 Å². The van der Waals surface area contributed by atoms with Crippen LogP contribution < -0.4 is 0 Å². The summed E-state index contributed by atoms with van der Waals surface area (Å²) in [6.45, 7) is 8.40. The van der Waals surface area contributed by atoms with Crippen molar-refractivity contribution in [3.05, 3.63) is 0 Å².